The summed E-state index contributed by atoms with van der Waals surface area (Å²) in [5, 5.41) is 35.8. The molecule has 0 bridgehead atoms. The SMILES string of the molecule is O=S(=O)(O)C[C@@H](O)CN(CO)C(CO)CO. The Hall–Kier alpha value is -0.290. The first-order chi connectivity index (χ1) is 7.34. The number of hydrogen-bond acceptors (Lipinski definition) is 7. The topological polar surface area (TPSA) is 139 Å². The van der Waals surface area contributed by atoms with Crippen LogP contribution in [0.25, 0.3) is 0 Å². The standard InChI is InChI=1S/C7H17NO7S/c9-2-6(3-10)8(5-11)1-7(12)4-16(13,14)15/h6-7,9-12H,1-5H2,(H,13,14,15)/t7-/m0/s1. The lowest BCUT2D eigenvalue weighted by Gasteiger charge is -2.28. The number of aliphatic hydroxyl groups is 4. The van der Waals surface area contributed by atoms with E-state index in [1.807, 2.05) is 0 Å². The molecule has 98 valence electrons. The summed E-state index contributed by atoms with van der Waals surface area (Å²) in [6, 6.07) is -0.791. The first-order valence-electron chi connectivity index (χ1n) is 4.54. The zero-order chi connectivity index (χ0) is 12.8. The highest BCUT2D eigenvalue weighted by Gasteiger charge is 2.22. The third-order valence-electron chi connectivity index (χ3n) is 1.97. The molecule has 1 atom stereocenters. The lowest BCUT2D eigenvalue weighted by atomic mass is 10.2. The Balaban J connectivity index is 4.31. The molecular formula is C7H17NO7S. The molecule has 0 unspecified atom stereocenters. The predicted octanol–water partition coefficient (Wildman–Crippen LogP) is -3.16. The lowest BCUT2D eigenvalue weighted by molar-refractivity contribution is -0.00962. The van der Waals surface area contributed by atoms with E-state index in [-0.39, 0.29) is 6.54 Å². The van der Waals surface area contributed by atoms with Crippen molar-refractivity contribution in [3.05, 3.63) is 0 Å². The molecule has 0 fully saturated rings. The van der Waals surface area contributed by atoms with Gasteiger partial charge in [0.05, 0.1) is 32.1 Å². The van der Waals surface area contributed by atoms with Gasteiger partial charge in [-0.15, -0.1) is 0 Å². The summed E-state index contributed by atoms with van der Waals surface area (Å²) in [6.45, 7) is -1.75. The van der Waals surface area contributed by atoms with Gasteiger partial charge < -0.3 is 20.4 Å². The fourth-order valence-corrected chi connectivity index (χ4v) is 1.77. The molecule has 0 radical (unpaired) electrons. The van der Waals surface area contributed by atoms with Crippen molar-refractivity contribution in [3.63, 3.8) is 0 Å². The fourth-order valence-electron chi connectivity index (χ4n) is 1.18. The molecule has 0 aromatic rings. The van der Waals surface area contributed by atoms with Gasteiger partial charge in [0.2, 0.25) is 0 Å². The van der Waals surface area contributed by atoms with Gasteiger partial charge in [0.15, 0.2) is 0 Å². The maximum Gasteiger partial charge on any atom is 0.267 e. The van der Waals surface area contributed by atoms with Gasteiger partial charge in [-0.25, -0.2) is 0 Å². The highest BCUT2D eigenvalue weighted by atomic mass is 32.2. The van der Waals surface area contributed by atoms with Crippen molar-refractivity contribution in [2.24, 2.45) is 0 Å². The molecule has 0 aliphatic carbocycles. The Morgan fingerprint density at radius 3 is 1.94 bits per heavy atom. The Morgan fingerprint density at radius 1 is 1.12 bits per heavy atom. The molecule has 9 heteroatoms. The molecular weight excluding hydrogens is 242 g/mol. The molecule has 0 rings (SSSR count). The highest BCUT2D eigenvalue weighted by molar-refractivity contribution is 7.85. The third-order valence-corrected chi connectivity index (χ3v) is 2.77. The number of nitrogens with zero attached hydrogens (tertiary/aromatic N) is 1. The van der Waals surface area contributed by atoms with Crippen molar-refractivity contribution in [1.29, 1.82) is 0 Å². The van der Waals surface area contributed by atoms with E-state index < -0.39 is 48.0 Å². The Morgan fingerprint density at radius 2 is 1.62 bits per heavy atom. The molecule has 8 nitrogen and oxygen atoms in total. The summed E-state index contributed by atoms with van der Waals surface area (Å²) in [6.07, 6.45) is -1.41. The predicted molar refractivity (Wildman–Crippen MR) is 54.2 cm³/mol. The van der Waals surface area contributed by atoms with Crippen LogP contribution < -0.4 is 0 Å². The van der Waals surface area contributed by atoms with E-state index in [4.69, 9.17) is 19.9 Å². The monoisotopic (exact) mass is 259 g/mol. The van der Waals surface area contributed by atoms with Crippen LogP contribution in [0.3, 0.4) is 0 Å². The molecule has 0 heterocycles. The van der Waals surface area contributed by atoms with Crippen LogP contribution in [0.5, 0.6) is 0 Å². The van der Waals surface area contributed by atoms with E-state index in [2.05, 4.69) is 0 Å². The first kappa shape index (κ1) is 15.7. The third kappa shape index (κ3) is 6.33. The van der Waals surface area contributed by atoms with Gasteiger partial charge in [-0.3, -0.25) is 9.45 Å². The zero-order valence-corrected chi connectivity index (χ0v) is 9.41. The molecule has 0 amide bonds. The molecule has 0 aliphatic rings. The minimum absolute atomic E-state index is 0.290. The molecule has 0 saturated heterocycles. The minimum Gasteiger partial charge on any atom is -0.395 e. The Labute approximate surface area is 93.5 Å². The first-order valence-corrected chi connectivity index (χ1v) is 6.14. The molecule has 5 N–H and O–H groups in total. The van der Waals surface area contributed by atoms with Crippen molar-refractivity contribution in [2.45, 2.75) is 12.1 Å². The quantitative estimate of drug-likeness (QED) is 0.227. The van der Waals surface area contributed by atoms with E-state index in [0.29, 0.717) is 0 Å². The summed E-state index contributed by atoms with van der Waals surface area (Å²) in [7, 11) is -4.30. The summed E-state index contributed by atoms with van der Waals surface area (Å²) < 4.78 is 29.3. The molecule has 0 aromatic carbocycles. The van der Waals surface area contributed by atoms with E-state index in [1.165, 1.54) is 0 Å². The van der Waals surface area contributed by atoms with Crippen LogP contribution in [0.4, 0.5) is 0 Å². The van der Waals surface area contributed by atoms with Gasteiger partial charge in [0.25, 0.3) is 10.1 Å². The van der Waals surface area contributed by atoms with Crippen molar-refractivity contribution >= 4 is 10.1 Å². The maximum atomic E-state index is 10.4. The fraction of sp³-hybridized carbons (Fsp3) is 1.00. The van der Waals surface area contributed by atoms with Crippen molar-refractivity contribution in [1.82, 2.24) is 4.90 Å². The van der Waals surface area contributed by atoms with Crippen molar-refractivity contribution in [3.8, 4) is 0 Å². The highest BCUT2D eigenvalue weighted by Crippen LogP contribution is 2.01. The summed E-state index contributed by atoms with van der Waals surface area (Å²) in [5.74, 6) is -0.868. The smallest absolute Gasteiger partial charge is 0.267 e. The summed E-state index contributed by atoms with van der Waals surface area (Å²) >= 11 is 0. The van der Waals surface area contributed by atoms with Crippen LogP contribution >= 0.6 is 0 Å². The Kier molecular flexibility index (Phi) is 6.99. The number of rotatable bonds is 8. The largest absolute Gasteiger partial charge is 0.395 e. The summed E-state index contributed by atoms with van der Waals surface area (Å²) in [5.41, 5.74) is 0. The average Bonchev–Trinajstić information content (AvgIpc) is 2.15. The van der Waals surface area contributed by atoms with Crippen LogP contribution in [0.15, 0.2) is 0 Å². The summed E-state index contributed by atoms with van der Waals surface area (Å²) in [4.78, 5) is 1.09. The van der Waals surface area contributed by atoms with Crippen LogP contribution in [0, 0.1) is 0 Å². The molecule has 0 aromatic heterocycles. The van der Waals surface area contributed by atoms with Gasteiger partial charge in [0, 0.05) is 6.54 Å². The second kappa shape index (κ2) is 7.12. The van der Waals surface area contributed by atoms with Crippen LogP contribution in [0.2, 0.25) is 0 Å². The normalized spacial score (nSPS) is 14.7. The zero-order valence-electron chi connectivity index (χ0n) is 8.60. The van der Waals surface area contributed by atoms with E-state index in [9.17, 15) is 13.5 Å². The second-order valence-corrected chi connectivity index (χ2v) is 4.83. The van der Waals surface area contributed by atoms with Crippen molar-refractivity contribution in [2.75, 3.05) is 32.2 Å². The van der Waals surface area contributed by atoms with E-state index >= 15 is 0 Å². The van der Waals surface area contributed by atoms with Gasteiger partial charge in [0.1, 0.15) is 5.75 Å². The average molecular weight is 259 g/mol. The van der Waals surface area contributed by atoms with Gasteiger partial charge >= 0.3 is 0 Å². The van der Waals surface area contributed by atoms with E-state index in [0.717, 1.165) is 4.90 Å². The second-order valence-electron chi connectivity index (χ2n) is 3.33. The van der Waals surface area contributed by atoms with Gasteiger partial charge in [-0.2, -0.15) is 8.42 Å². The van der Waals surface area contributed by atoms with E-state index in [1.54, 1.807) is 0 Å². The number of hydrogen-bond donors (Lipinski definition) is 5. The number of aliphatic hydroxyl groups excluding tert-OH is 4. The minimum atomic E-state index is -4.30. The molecule has 0 saturated carbocycles. The van der Waals surface area contributed by atoms with Gasteiger partial charge in [-0.1, -0.05) is 0 Å². The lowest BCUT2D eigenvalue weighted by Crippen LogP contribution is -2.46. The molecule has 0 spiro atoms. The van der Waals surface area contributed by atoms with Gasteiger partial charge in [-0.05, 0) is 0 Å². The van der Waals surface area contributed by atoms with Crippen LogP contribution in [0.1, 0.15) is 0 Å². The van der Waals surface area contributed by atoms with Crippen LogP contribution in [-0.4, -0.2) is 82.7 Å². The molecule has 0 aliphatic heterocycles. The molecule has 16 heavy (non-hydrogen) atoms. The van der Waals surface area contributed by atoms with Crippen molar-refractivity contribution < 1.29 is 33.4 Å². The Bertz CT molecular complexity index is 276. The van der Waals surface area contributed by atoms with Crippen LogP contribution in [-0.2, 0) is 10.1 Å². The maximum absolute atomic E-state index is 10.4.